The molecule has 7 heteroatoms. The number of nitrogens with two attached hydrogens (primary N) is 1. The standard InChI is InChI=1S/C21H20N4O3/c1-13(2)25-12-15(9-11-17(25)26)18-16(10-8-14-6-4-3-5-7-14)23-20(22)19(24-18)21(27)28/h3-13H,1-2H3,(H2,22,23)(H,27,28). The van der Waals surface area contributed by atoms with Crippen LogP contribution in [0.15, 0.2) is 53.5 Å². The van der Waals surface area contributed by atoms with Crippen molar-refractivity contribution in [3.8, 4) is 11.3 Å². The monoisotopic (exact) mass is 376 g/mol. The fourth-order valence-electron chi connectivity index (χ4n) is 2.73. The van der Waals surface area contributed by atoms with Crippen molar-refractivity contribution in [1.29, 1.82) is 0 Å². The molecule has 0 spiro atoms. The van der Waals surface area contributed by atoms with Gasteiger partial charge >= 0.3 is 5.97 Å². The van der Waals surface area contributed by atoms with Gasteiger partial charge in [0.2, 0.25) is 0 Å². The number of carboxylic acids is 1. The van der Waals surface area contributed by atoms with Gasteiger partial charge in [0.1, 0.15) is 0 Å². The molecule has 2 aromatic heterocycles. The normalized spacial score (nSPS) is 11.2. The molecule has 0 amide bonds. The maximum absolute atomic E-state index is 12.1. The molecule has 0 saturated carbocycles. The lowest BCUT2D eigenvalue weighted by Crippen LogP contribution is -2.20. The van der Waals surface area contributed by atoms with E-state index in [0.717, 1.165) is 5.56 Å². The van der Waals surface area contributed by atoms with Gasteiger partial charge in [-0.25, -0.2) is 14.8 Å². The maximum atomic E-state index is 12.1. The number of benzene rings is 1. The summed E-state index contributed by atoms with van der Waals surface area (Å²) in [5.41, 5.74) is 7.61. The van der Waals surface area contributed by atoms with E-state index < -0.39 is 5.97 Å². The molecule has 3 aromatic rings. The van der Waals surface area contributed by atoms with Crippen LogP contribution in [0, 0.1) is 0 Å². The van der Waals surface area contributed by atoms with Gasteiger partial charge in [-0.05, 0) is 31.6 Å². The van der Waals surface area contributed by atoms with Crippen molar-refractivity contribution in [2.45, 2.75) is 19.9 Å². The zero-order valence-corrected chi connectivity index (χ0v) is 15.5. The maximum Gasteiger partial charge on any atom is 0.358 e. The molecule has 3 rings (SSSR count). The summed E-state index contributed by atoms with van der Waals surface area (Å²) in [5, 5.41) is 9.37. The van der Waals surface area contributed by atoms with Crippen molar-refractivity contribution in [2.24, 2.45) is 0 Å². The molecule has 142 valence electrons. The minimum atomic E-state index is -1.26. The second kappa shape index (κ2) is 7.87. The third kappa shape index (κ3) is 3.98. The van der Waals surface area contributed by atoms with Crippen LogP contribution in [0.2, 0.25) is 0 Å². The lowest BCUT2D eigenvalue weighted by Gasteiger charge is -2.13. The lowest BCUT2D eigenvalue weighted by molar-refractivity contribution is 0.0691. The largest absolute Gasteiger partial charge is 0.476 e. The molecule has 0 fully saturated rings. The van der Waals surface area contributed by atoms with Crippen molar-refractivity contribution >= 4 is 23.9 Å². The molecular formula is C21H20N4O3. The van der Waals surface area contributed by atoms with Crippen molar-refractivity contribution in [3.05, 3.63) is 76.0 Å². The number of hydrogen-bond acceptors (Lipinski definition) is 5. The number of aromatic nitrogens is 3. The molecule has 0 aliphatic carbocycles. The Bertz CT molecular complexity index is 1100. The van der Waals surface area contributed by atoms with Gasteiger partial charge in [0.25, 0.3) is 5.56 Å². The van der Waals surface area contributed by atoms with Crippen molar-refractivity contribution in [3.63, 3.8) is 0 Å². The SMILES string of the molecule is CC(C)n1cc(-c2nc(C(=O)O)c(N)nc2C=Cc2ccccc2)ccc1=O. The highest BCUT2D eigenvalue weighted by molar-refractivity contribution is 5.92. The molecule has 7 nitrogen and oxygen atoms in total. The Balaban J connectivity index is 2.19. The van der Waals surface area contributed by atoms with Crippen molar-refractivity contribution < 1.29 is 9.90 Å². The first kappa shape index (κ1) is 19.0. The zero-order valence-electron chi connectivity index (χ0n) is 15.5. The van der Waals surface area contributed by atoms with Crippen LogP contribution < -0.4 is 11.3 Å². The number of rotatable bonds is 5. The summed E-state index contributed by atoms with van der Waals surface area (Å²) >= 11 is 0. The minimum Gasteiger partial charge on any atom is -0.476 e. The Kier molecular flexibility index (Phi) is 5.35. The Morgan fingerprint density at radius 2 is 1.82 bits per heavy atom. The Morgan fingerprint density at radius 1 is 1.11 bits per heavy atom. The molecule has 0 aliphatic heterocycles. The molecule has 0 bridgehead atoms. The quantitative estimate of drug-likeness (QED) is 0.706. The summed E-state index contributed by atoms with van der Waals surface area (Å²) in [6.07, 6.45) is 5.22. The third-order valence-corrected chi connectivity index (χ3v) is 4.15. The van der Waals surface area contributed by atoms with E-state index in [9.17, 15) is 14.7 Å². The number of nitrogens with zero attached hydrogens (tertiary/aromatic N) is 3. The molecule has 3 N–H and O–H groups in total. The van der Waals surface area contributed by atoms with Gasteiger partial charge in [0, 0.05) is 23.9 Å². The van der Waals surface area contributed by atoms with E-state index in [1.54, 1.807) is 22.9 Å². The van der Waals surface area contributed by atoms with Gasteiger partial charge in [-0.1, -0.05) is 36.4 Å². The average molecular weight is 376 g/mol. The van der Waals surface area contributed by atoms with Crippen LogP contribution in [0.4, 0.5) is 5.82 Å². The first-order valence-corrected chi connectivity index (χ1v) is 8.73. The van der Waals surface area contributed by atoms with E-state index in [1.807, 2.05) is 50.3 Å². The summed E-state index contributed by atoms with van der Waals surface area (Å²) in [4.78, 5) is 32.0. The number of hydrogen-bond donors (Lipinski definition) is 2. The predicted molar refractivity (Wildman–Crippen MR) is 109 cm³/mol. The Hall–Kier alpha value is -3.74. The number of anilines is 1. The van der Waals surface area contributed by atoms with Gasteiger partial charge in [0.15, 0.2) is 11.5 Å². The summed E-state index contributed by atoms with van der Waals surface area (Å²) < 4.78 is 1.55. The van der Waals surface area contributed by atoms with E-state index in [-0.39, 0.29) is 23.1 Å². The van der Waals surface area contributed by atoms with Crippen LogP contribution in [-0.4, -0.2) is 25.6 Å². The van der Waals surface area contributed by atoms with Crippen LogP contribution in [0.1, 0.15) is 41.6 Å². The number of nitrogen functional groups attached to an aromatic ring is 1. The molecule has 2 heterocycles. The number of carboxylic acid groups (broad SMARTS) is 1. The summed E-state index contributed by atoms with van der Waals surface area (Å²) in [5.74, 6) is -1.43. The number of aromatic carboxylic acids is 1. The highest BCUT2D eigenvalue weighted by Crippen LogP contribution is 2.24. The fraction of sp³-hybridized carbons (Fsp3) is 0.143. The highest BCUT2D eigenvalue weighted by atomic mass is 16.4. The van der Waals surface area contributed by atoms with E-state index in [4.69, 9.17) is 5.73 Å². The third-order valence-electron chi connectivity index (χ3n) is 4.15. The van der Waals surface area contributed by atoms with E-state index >= 15 is 0 Å². The van der Waals surface area contributed by atoms with Crippen LogP contribution in [0.5, 0.6) is 0 Å². The van der Waals surface area contributed by atoms with E-state index in [1.165, 1.54) is 6.07 Å². The molecule has 1 aromatic carbocycles. The van der Waals surface area contributed by atoms with Gasteiger partial charge in [-0.15, -0.1) is 0 Å². The van der Waals surface area contributed by atoms with Gasteiger partial charge in [0.05, 0.1) is 11.4 Å². The van der Waals surface area contributed by atoms with Crippen molar-refractivity contribution in [2.75, 3.05) is 5.73 Å². The topological polar surface area (TPSA) is 111 Å². The molecule has 0 saturated heterocycles. The predicted octanol–water partition coefficient (Wildman–Crippen LogP) is 3.34. The second-order valence-corrected chi connectivity index (χ2v) is 6.50. The van der Waals surface area contributed by atoms with Crippen LogP contribution in [-0.2, 0) is 0 Å². The second-order valence-electron chi connectivity index (χ2n) is 6.50. The molecule has 0 radical (unpaired) electrons. The van der Waals surface area contributed by atoms with Crippen LogP contribution in [0.3, 0.4) is 0 Å². The first-order chi connectivity index (χ1) is 13.4. The average Bonchev–Trinajstić information content (AvgIpc) is 2.67. The summed E-state index contributed by atoms with van der Waals surface area (Å²) in [6, 6.07) is 12.6. The first-order valence-electron chi connectivity index (χ1n) is 8.73. The molecule has 0 aliphatic rings. The fourth-order valence-corrected chi connectivity index (χ4v) is 2.73. The zero-order chi connectivity index (χ0) is 20.3. The molecule has 28 heavy (non-hydrogen) atoms. The van der Waals surface area contributed by atoms with Gasteiger partial charge < -0.3 is 15.4 Å². The Morgan fingerprint density at radius 3 is 2.46 bits per heavy atom. The molecule has 0 atom stereocenters. The highest BCUT2D eigenvalue weighted by Gasteiger charge is 2.18. The number of carbonyl (C=O) groups is 1. The van der Waals surface area contributed by atoms with Gasteiger partial charge in [-0.2, -0.15) is 0 Å². The van der Waals surface area contributed by atoms with Crippen LogP contribution >= 0.6 is 0 Å². The molecule has 0 unspecified atom stereocenters. The molecular weight excluding hydrogens is 356 g/mol. The smallest absolute Gasteiger partial charge is 0.358 e. The minimum absolute atomic E-state index is 0.0588. The lowest BCUT2D eigenvalue weighted by atomic mass is 10.1. The van der Waals surface area contributed by atoms with Crippen molar-refractivity contribution in [1.82, 2.24) is 14.5 Å². The summed E-state index contributed by atoms with van der Waals surface area (Å²) in [6.45, 7) is 3.78. The number of pyridine rings is 1. The summed E-state index contributed by atoms with van der Waals surface area (Å²) in [7, 11) is 0. The van der Waals surface area contributed by atoms with E-state index in [2.05, 4.69) is 9.97 Å². The van der Waals surface area contributed by atoms with Gasteiger partial charge in [-0.3, -0.25) is 4.79 Å². The Labute approximate surface area is 161 Å². The van der Waals surface area contributed by atoms with Crippen LogP contribution in [0.25, 0.3) is 23.4 Å². The van der Waals surface area contributed by atoms with E-state index in [0.29, 0.717) is 17.0 Å².